The van der Waals surface area contributed by atoms with Gasteiger partial charge in [-0.1, -0.05) is 35.5 Å². The number of nitrogens with zero attached hydrogens (tertiary/aromatic N) is 1. The summed E-state index contributed by atoms with van der Waals surface area (Å²) in [6.45, 7) is 2.12. The molecule has 0 aliphatic rings. The van der Waals surface area contributed by atoms with E-state index in [0.29, 0.717) is 24.4 Å². The molecule has 0 spiro atoms. The molecule has 0 fully saturated rings. The van der Waals surface area contributed by atoms with E-state index >= 15 is 0 Å². The van der Waals surface area contributed by atoms with Crippen molar-refractivity contribution >= 4 is 5.97 Å². The summed E-state index contributed by atoms with van der Waals surface area (Å²) in [5.74, 6) is 0.208. The van der Waals surface area contributed by atoms with Crippen molar-refractivity contribution in [1.29, 1.82) is 0 Å². The Balaban J connectivity index is 2.02. The first-order chi connectivity index (χ1) is 8.81. The molecule has 0 saturated heterocycles. The Labute approximate surface area is 106 Å². The van der Waals surface area contributed by atoms with Gasteiger partial charge in [0.25, 0.3) is 0 Å². The van der Waals surface area contributed by atoms with Gasteiger partial charge in [-0.05, 0) is 18.9 Å². The Morgan fingerprint density at radius 3 is 2.78 bits per heavy atom. The van der Waals surface area contributed by atoms with Crippen molar-refractivity contribution in [2.24, 2.45) is 0 Å². The summed E-state index contributed by atoms with van der Waals surface area (Å²) in [7, 11) is 0. The Bertz CT molecular complexity index is 505. The molecule has 1 aromatic heterocycles. The maximum Gasteiger partial charge on any atom is 0.343 e. The molecule has 18 heavy (non-hydrogen) atoms. The zero-order valence-corrected chi connectivity index (χ0v) is 10.3. The fraction of sp³-hybridized carbons (Fsp3) is 0.286. The smallest absolute Gasteiger partial charge is 0.343 e. The second kappa shape index (κ2) is 6.00. The van der Waals surface area contributed by atoms with Gasteiger partial charge in [0.15, 0.2) is 5.76 Å². The molecule has 0 aliphatic heterocycles. The number of carbonyl (C=O) groups excluding carboxylic acids is 1. The average molecular weight is 245 g/mol. The van der Waals surface area contributed by atoms with Crippen LogP contribution < -0.4 is 0 Å². The van der Waals surface area contributed by atoms with Crippen LogP contribution in [0.4, 0.5) is 0 Å². The van der Waals surface area contributed by atoms with Crippen molar-refractivity contribution < 1.29 is 14.1 Å². The lowest BCUT2D eigenvalue weighted by molar-refractivity contribution is 0.0524. The van der Waals surface area contributed by atoms with Gasteiger partial charge in [-0.25, -0.2) is 4.79 Å². The third kappa shape index (κ3) is 2.97. The number of aryl methyl sites for hydroxylation is 2. The molecule has 0 bridgehead atoms. The Morgan fingerprint density at radius 1 is 1.28 bits per heavy atom. The molecule has 0 aliphatic carbocycles. The third-order valence-corrected chi connectivity index (χ3v) is 2.62. The van der Waals surface area contributed by atoms with Gasteiger partial charge in [-0.15, -0.1) is 0 Å². The molecule has 0 unspecified atom stereocenters. The second-order valence-corrected chi connectivity index (χ2v) is 3.87. The van der Waals surface area contributed by atoms with E-state index in [1.165, 1.54) is 11.8 Å². The van der Waals surface area contributed by atoms with Crippen LogP contribution in [-0.2, 0) is 17.6 Å². The number of carbonyl (C=O) groups is 1. The van der Waals surface area contributed by atoms with Crippen LogP contribution in [0.2, 0.25) is 0 Å². The van der Waals surface area contributed by atoms with Crippen molar-refractivity contribution in [1.82, 2.24) is 5.16 Å². The Morgan fingerprint density at radius 2 is 2.06 bits per heavy atom. The first-order valence-electron chi connectivity index (χ1n) is 5.96. The summed E-state index contributed by atoms with van der Waals surface area (Å²) in [5.41, 5.74) is 1.62. The molecule has 4 nitrogen and oxygen atoms in total. The molecule has 94 valence electrons. The van der Waals surface area contributed by atoms with Crippen LogP contribution in [0.1, 0.15) is 28.6 Å². The van der Waals surface area contributed by atoms with Gasteiger partial charge < -0.3 is 9.26 Å². The van der Waals surface area contributed by atoms with Crippen molar-refractivity contribution in [2.75, 3.05) is 6.61 Å². The van der Waals surface area contributed by atoms with Gasteiger partial charge in [-0.3, -0.25) is 0 Å². The molecule has 2 rings (SSSR count). The lowest BCUT2D eigenvalue weighted by Crippen LogP contribution is -2.06. The van der Waals surface area contributed by atoms with Gasteiger partial charge in [0.05, 0.1) is 12.8 Å². The Kier molecular flexibility index (Phi) is 4.12. The number of ether oxygens (including phenoxy) is 1. The summed E-state index contributed by atoms with van der Waals surface area (Å²) in [6.07, 6.45) is 2.86. The summed E-state index contributed by atoms with van der Waals surface area (Å²) in [5, 5.41) is 3.66. The lowest BCUT2D eigenvalue weighted by Gasteiger charge is -2.01. The van der Waals surface area contributed by atoms with E-state index in [9.17, 15) is 4.79 Å². The lowest BCUT2D eigenvalue weighted by atomic mass is 10.1. The molecule has 1 heterocycles. The van der Waals surface area contributed by atoms with Gasteiger partial charge in [0.2, 0.25) is 0 Å². The third-order valence-electron chi connectivity index (χ3n) is 2.62. The fourth-order valence-corrected chi connectivity index (χ4v) is 1.72. The first kappa shape index (κ1) is 12.4. The molecular formula is C14H15NO3. The quantitative estimate of drug-likeness (QED) is 0.760. The van der Waals surface area contributed by atoms with E-state index in [0.717, 1.165) is 6.42 Å². The number of hydrogen-bond acceptors (Lipinski definition) is 4. The normalized spacial score (nSPS) is 10.3. The molecule has 2 aromatic rings. The number of esters is 1. The van der Waals surface area contributed by atoms with Crippen molar-refractivity contribution in [3.63, 3.8) is 0 Å². The van der Waals surface area contributed by atoms with E-state index in [1.807, 2.05) is 30.3 Å². The summed E-state index contributed by atoms with van der Waals surface area (Å²) < 4.78 is 10.0. The second-order valence-electron chi connectivity index (χ2n) is 3.87. The van der Waals surface area contributed by atoms with Crippen molar-refractivity contribution in [2.45, 2.75) is 19.8 Å². The van der Waals surface area contributed by atoms with Gasteiger partial charge in [-0.2, -0.15) is 0 Å². The van der Waals surface area contributed by atoms with Gasteiger partial charge >= 0.3 is 5.97 Å². The molecular weight excluding hydrogens is 230 g/mol. The molecule has 0 saturated carbocycles. The highest BCUT2D eigenvalue weighted by Gasteiger charge is 2.16. The van der Waals surface area contributed by atoms with Gasteiger partial charge in [0, 0.05) is 6.42 Å². The number of benzene rings is 1. The zero-order chi connectivity index (χ0) is 12.8. The molecule has 0 atom stereocenters. The number of rotatable bonds is 5. The van der Waals surface area contributed by atoms with Crippen LogP contribution >= 0.6 is 0 Å². The van der Waals surface area contributed by atoms with E-state index in [1.54, 1.807) is 6.92 Å². The van der Waals surface area contributed by atoms with Crippen LogP contribution in [0.25, 0.3) is 0 Å². The monoisotopic (exact) mass is 245 g/mol. The minimum absolute atomic E-state index is 0.349. The van der Waals surface area contributed by atoms with Crippen LogP contribution in [0, 0.1) is 0 Å². The first-order valence-corrected chi connectivity index (χ1v) is 5.96. The largest absolute Gasteiger partial charge is 0.462 e. The minimum atomic E-state index is -0.373. The fourth-order valence-electron chi connectivity index (χ4n) is 1.72. The zero-order valence-electron chi connectivity index (χ0n) is 10.3. The summed E-state index contributed by atoms with van der Waals surface area (Å²) >= 11 is 0. The van der Waals surface area contributed by atoms with Crippen molar-refractivity contribution in [3.8, 4) is 0 Å². The van der Waals surface area contributed by atoms with Crippen molar-refractivity contribution in [3.05, 3.63) is 53.4 Å². The molecule has 0 radical (unpaired) electrons. The summed E-state index contributed by atoms with van der Waals surface area (Å²) in [4.78, 5) is 11.6. The maximum atomic E-state index is 11.6. The molecule has 0 amide bonds. The van der Waals surface area contributed by atoms with Crippen LogP contribution in [-0.4, -0.2) is 17.7 Å². The topological polar surface area (TPSA) is 52.3 Å². The van der Waals surface area contributed by atoms with E-state index < -0.39 is 0 Å². The highest BCUT2D eigenvalue weighted by Crippen LogP contribution is 2.13. The molecule has 0 N–H and O–H groups in total. The molecule has 1 aromatic carbocycles. The van der Waals surface area contributed by atoms with Crippen LogP contribution in [0.15, 0.2) is 41.1 Å². The van der Waals surface area contributed by atoms with Crippen LogP contribution in [0.3, 0.4) is 0 Å². The number of aromatic nitrogens is 1. The van der Waals surface area contributed by atoms with E-state index in [4.69, 9.17) is 9.26 Å². The van der Waals surface area contributed by atoms with E-state index in [2.05, 4.69) is 5.16 Å². The Hall–Kier alpha value is -2.10. The van der Waals surface area contributed by atoms with E-state index in [-0.39, 0.29) is 5.97 Å². The summed E-state index contributed by atoms with van der Waals surface area (Å²) in [6, 6.07) is 10.0. The SMILES string of the molecule is CCOC(=O)c1cnoc1CCc1ccccc1. The predicted octanol–water partition coefficient (Wildman–Crippen LogP) is 2.64. The van der Waals surface area contributed by atoms with Gasteiger partial charge in [0.1, 0.15) is 5.56 Å². The number of hydrogen-bond donors (Lipinski definition) is 0. The van der Waals surface area contributed by atoms with Crippen LogP contribution in [0.5, 0.6) is 0 Å². The highest BCUT2D eigenvalue weighted by atomic mass is 16.5. The minimum Gasteiger partial charge on any atom is -0.462 e. The highest BCUT2D eigenvalue weighted by molar-refractivity contribution is 5.90. The predicted molar refractivity (Wildman–Crippen MR) is 66.3 cm³/mol. The molecule has 4 heteroatoms. The average Bonchev–Trinajstić information content (AvgIpc) is 2.86. The standard InChI is InChI=1S/C14H15NO3/c1-2-17-14(16)12-10-15-18-13(12)9-8-11-6-4-3-5-7-11/h3-7,10H,2,8-9H2,1H3. The maximum absolute atomic E-state index is 11.6.